The van der Waals surface area contributed by atoms with Gasteiger partial charge in [-0.2, -0.15) is 4.31 Å². The maximum Gasteiger partial charge on any atom is 0.314 e. The summed E-state index contributed by atoms with van der Waals surface area (Å²) in [5.74, 6) is -4.78. The minimum Gasteiger partial charge on any atom is -0.481 e. The van der Waals surface area contributed by atoms with Crippen molar-refractivity contribution in [3.05, 3.63) is 51.4 Å². The molecule has 10 nitrogen and oxygen atoms in total. The summed E-state index contributed by atoms with van der Waals surface area (Å²) in [6.07, 6.45) is 1.27. The summed E-state index contributed by atoms with van der Waals surface area (Å²) in [5.41, 5.74) is 0.0502. The molecule has 4 rings (SSSR count). The van der Waals surface area contributed by atoms with Crippen molar-refractivity contribution in [2.75, 3.05) is 32.7 Å². The Kier molecular flexibility index (Phi) is 8.46. The third-order valence-corrected chi connectivity index (χ3v) is 11.4. The number of fused-ring (bicyclic) bond motifs is 1. The van der Waals surface area contributed by atoms with Gasteiger partial charge in [-0.3, -0.25) is 9.59 Å². The number of nitrogens with zero attached hydrogens (tertiary/aromatic N) is 2. The van der Waals surface area contributed by atoms with Crippen molar-refractivity contribution >= 4 is 67.5 Å². The van der Waals surface area contributed by atoms with Crippen LogP contribution in [0.3, 0.4) is 0 Å². The predicted molar refractivity (Wildman–Crippen MR) is 141 cm³/mol. The standard InChI is InChI=1S/C22H25Cl2N3O7S2.ClH/c1-13(2)15-11-16(23)18(21(29)30)22(24,19(15)36(33,34)26-9-7-25-8-10-26)12-27-20(28)14-5-3-4-6-17(14)35(27,31)32;/h3-6,11,13,18,25H,7-10,12H2,1-2H3,(H,29,30);1H. The molecule has 2 N–H and O–H groups in total. The Labute approximate surface area is 231 Å². The second-order valence-corrected chi connectivity index (χ2v) is 13.9. The number of carbonyl (C=O) groups is 2. The van der Waals surface area contributed by atoms with E-state index in [4.69, 9.17) is 23.2 Å². The Morgan fingerprint density at radius 3 is 2.38 bits per heavy atom. The average molecular weight is 615 g/mol. The maximum atomic E-state index is 14.0. The molecular weight excluding hydrogens is 589 g/mol. The molecule has 0 spiro atoms. The molecule has 2 atom stereocenters. The molecule has 0 aromatic heterocycles. The number of carboxylic acid groups (broad SMARTS) is 1. The van der Waals surface area contributed by atoms with Crippen molar-refractivity contribution < 1.29 is 31.5 Å². The fourth-order valence-electron chi connectivity index (χ4n) is 4.77. The Hall–Kier alpha value is -1.67. The van der Waals surface area contributed by atoms with Gasteiger partial charge in [0.2, 0.25) is 10.0 Å². The van der Waals surface area contributed by atoms with Crippen LogP contribution in [0.4, 0.5) is 0 Å². The van der Waals surface area contributed by atoms with Gasteiger partial charge in [-0.05, 0) is 29.7 Å². The SMILES string of the molecule is CC(C)C1=C(S(=O)(=O)N2CCNCC2)C(Cl)(CN2C(=O)c3ccccc3S2(=O)=O)C(C(=O)O)C(Cl)=C1.Cl. The number of allylic oxidation sites excluding steroid dienone is 2. The summed E-state index contributed by atoms with van der Waals surface area (Å²) in [4.78, 5) is 22.5. The first-order chi connectivity index (χ1) is 16.7. The zero-order chi connectivity index (χ0) is 26.6. The fraction of sp³-hybridized carbons (Fsp3) is 0.455. The number of benzene rings is 1. The summed E-state index contributed by atoms with van der Waals surface area (Å²) in [6, 6.07) is 5.51. The van der Waals surface area contributed by atoms with Crippen LogP contribution < -0.4 is 5.32 Å². The van der Waals surface area contributed by atoms with E-state index in [2.05, 4.69) is 5.32 Å². The number of carbonyl (C=O) groups excluding carboxylic acids is 1. The van der Waals surface area contributed by atoms with Gasteiger partial charge in [0.15, 0.2) is 0 Å². The molecule has 3 aliphatic rings. The Bertz CT molecular complexity index is 1400. The van der Waals surface area contributed by atoms with Crippen LogP contribution in [0.25, 0.3) is 0 Å². The van der Waals surface area contributed by atoms with Gasteiger partial charge in [0.25, 0.3) is 15.9 Å². The second kappa shape index (κ2) is 10.5. The molecule has 1 aromatic carbocycles. The lowest BCUT2D eigenvalue weighted by atomic mass is 9.81. The number of sulfonamides is 2. The molecule has 1 amide bonds. The number of hydrogen-bond acceptors (Lipinski definition) is 7. The van der Waals surface area contributed by atoms with E-state index in [1.54, 1.807) is 13.8 Å². The van der Waals surface area contributed by atoms with Crippen molar-refractivity contribution in [1.82, 2.24) is 13.9 Å². The summed E-state index contributed by atoms with van der Waals surface area (Å²) in [6.45, 7) is 3.38. The highest BCUT2D eigenvalue weighted by Crippen LogP contribution is 2.50. The van der Waals surface area contributed by atoms with E-state index >= 15 is 0 Å². The number of carboxylic acids is 1. The highest BCUT2D eigenvalue weighted by atomic mass is 35.5. The molecule has 1 aliphatic carbocycles. The summed E-state index contributed by atoms with van der Waals surface area (Å²) in [7, 11) is -8.83. The predicted octanol–water partition coefficient (Wildman–Crippen LogP) is 2.21. The number of halogens is 3. The van der Waals surface area contributed by atoms with E-state index in [0.29, 0.717) is 17.4 Å². The van der Waals surface area contributed by atoms with Crippen molar-refractivity contribution in [3.8, 4) is 0 Å². The number of hydrogen-bond donors (Lipinski definition) is 2. The Morgan fingerprint density at radius 2 is 1.84 bits per heavy atom. The van der Waals surface area contributed by atoms with E-state index in [-0.39, 0.29) is 46.6 Å². The molecular formula is C22H26Cl3N3O7S2. The molecule has 1 fully saturated rings. The summed E-state index contributed by atoms with van der Waals surface area (Å²) < 4.78 is 56.3. The average Bonchev–Trinajstić information content (AvgIpc) is 2.99. The van der Waals surface area contributed by atoms with Crippen LogP contribution in [0.2, 0.25) is 0 Å². The number of nitrogens with one attached hydrogen (secondary N) is 1. The minimum absolute atomic E-state index is 0. The molecule has 0 radical (unpaired) electrons. The van der Waals surface area contributed by atoms with Crippen molar-refractivity contribution in [2.24, 2.45) is 11.8 Å². The monoisotopic (exact) mass is 613 g/mol. The third-order valence-electron chi connectivity index (χ3n) is 6.49. The normalized spacial score (nSPS) is 26.1. The van der Waals surface area contributed by atoms with Crippen LogP contribution in [0.15, 0.2) is 50.7 Å². The fourth-order valence-corrected chi connectivity index (χ4v) is 9.76. The van der Waals surface area contributed by atoms with E-state index in [0.717, 1.165) is 0 Å². The molecule has 204 valence electrons. The highest BCUT2D eigenvalue weighted by Gasteiger charge is 2.58. The van der Waals surface area contributed by atoms with Crippen LogP contribution in [-0.4, -0.2) is 80.0 Å². The van der Waals surface area contributed by atoms with Crippen LogP contribution >= 0.6 is 35.6 Å². The lowest BCUT2D eigenvalue weighted by Crippen LogP contribution is -2.56. The van der Waals surface area contributed by atoms with Crippen molar-refractivity contribution in [1.29, 1.82) is 0 Å². The molecule has 1 saturated heterocycles. The van der Waals surface area contributed by atoms with Gasteiger partial charge in [0, 0.05) is 31.2 Å². The molecule has 1 aromatic rings. The smallest absolute Gasteiger partial charge is 0.314 e. The molecule has 2 heterocycles. The lowest BCUT2D eigenvalue weighted by molar-refractivity contribution is -0.141. The van der Waals surface area contributed by atoms with E-state index in [1.165, 1.54) is 34.6 Å². The van der Waals surface area contributed by atoms with Gasteiger partial charge in [-0.25, -0.2) is 21.1 Å². The summed E-state index contributed by atoms with van der Waals surface area (Å²) in [5, 5.41) is 12.9. The van der Waals surface area contributed by atoms with Gasteiger partial charge in [0.05, 0.1) is 17.0 Å². The molecule has 0 saturated carbocycles. The van der Waals surface area contributed by atoms with Gasteiger partial charge in [-0.15, -0.1) is 24.0 Å². The lowest BCUT2D eigenvalue weighted by Gasteiger charge is -2.42. The first-order valence-electron chi connectivity index (χ1n) is 11.1. The van der Waals surface area contributed by atoms with E-state index < -0.39 is 60.1 Å². The van der Waals surface area contributed by atoms with Gasteiger partial charge in [-0.1, -0.05) is 37.6 Å². The Morgan fingerprint density at radius 1 is 1.24 bits per heavy atom. The van der Waals surface area contributed by atoms with Gasteiger partial charge < -0.3 is 10.4 Å². The number of rotatable bonds is 6. The highest BCUT2D eigenvalue weighted by molar-refractivity contribution is 7.93. The molecule has 37 heavy (non-hydrogen) atoms. The van der Waals surface area contributed by atoms with Gasteiger partial charge in [0.1, 0.15) is 15.7 Å². The van der Waals surface area contributed by atoms with Crippen LogP contribution in [0, 0.1) is 11.8 Å². The largest absolute Gasteiger partial charge is 0.481 e. The molecule has 15 heteroatoms. The zero-order valence-corrected chi connectivity index (χ0v) is 23.8. The molecule has 0 bridgehead atoms. The number of amides is 1. The topological polar surface area (TPSA) is 141 Å². The maximum absolute atomic E-state index is 14.0. The summed E-state index contributed by atoms with van der Waals surface area (Å²) >= 11 is 13.4. The number of piperazine rings is 1. The van der Waals surface area contributed by atoms with Crippen molar-refractivity contribution in [2.45, 2.75) is 23.6 Å². The van der Waals surface area contributed by atoms with Gasteiger partial charge >= 0.3 is 5.97 Å². The molecule has 2 aliphatic heterocycles. The molecule has 2 unspecified atom stereocenters. The zero-order valence-electron chi connectivity index (χ0n) is 19.8. The van der Waals surface area contributed by atoms with Crippen LogP contribution in [-0.2, 0) is 24.8 Å². The number of aliphatic carboxylic acids is 1. The van der Waals surface area contributed by atoms with E-state index in [1.807, 2.05) is 0 Å². The minimum atomic E-state index is -4.43. The van der Waals surface area contributed by atoms with Crippen LogP contribution in [0.5, 0.6) is 0 Å². The first-order valence-corrected chi connectivity index (χ1v) is 14.8. The van der Waals surface area contributed by atoms with Crippen LogP contribution in [0.1, 0.15) is 24.2 Å². The van der Waals surface area contributed by atoms with E-state index in [9.17, 15) is 31.5 Å². The third kappa shape index (κ3) is 4.81. The Balaban J connectivity index is 0.00000380. The number of alkyl halides is 1. The second-order valence-electron chi connectivity index (χ2n) is 9.07. The quantitative estimate of drug-likeness (QED) is 0.465. The van der Waals surface area contributed by atoms with Crippen molar-refractivity contribution in [3.63, 3.8) is 0 Å². The first kappa shape index (κ1) is 29.9.